The van der Waals surface area contributed by atoms with Gasteiger partial charge in [-0.15, -0.1) is 0 Å². The van der Waals surface area contributed by atoms with Crippen LogP contribution in [0.4, 0.5) is 0 Å². The fraction of sp³-hybridized carbons (Fsp3) is 0.238. The van der Waals surface area contributed by atoms with Crippen LogP contribution >= 0.6 is 11.8 Å². The van der Waals surface area contributed by atoms with Gasteiger partial charge in [-0.2, -0.15) is 0 Å². The van der Waals surface area contributed by atoms with Crippen LogP contribution in [0.25, 0.3) is 11.0 Å². The van der Waals surface area contributed by atoms with Gasteiger partial charge < -0.3 is 10.2 Å². The van der Waals surface area contributed by atoms with E-state index < -0.39 is 0 Å². The van der Waals surface area contributed by atoms with E-state index in [4.69, 9.17) is 10.2 Å². The third-order valence-electron chi connectivity index (χ3n) is 4.50. The van der Waals surface area contributed by atoms with E-state index in [1.54, 1.807) is 0 Å². The molecule has 2 N–H and O–H groups in total. The van der Waals surface area contributed by atoms with Crippen LogP contribution < -0.4 is 11.4 Å². The Kier molecular flexibility index (Phi) is 5.47. The number of aliphatic imine (C=N–C) groups is 1. The van der Waals surface area contributed by atoms with Crippen molar-refractivity contribution >= 4 is 27.9 Å². The van der Waals surface area contributed by atoms with Gasteiger partial charge in [-0.25, -0.2) is 4.79 Å². The lowest BCUT2D eigenvalue weighted by molar-refractivity contribution is 0.557. The minimum Gasteiger partial charge on any atom is -0.422 e. The second-order valence-electron chi connectivity index (χ2n) is 6.32. The van der Waals surface area contributed by atoms with Crippen LogP contribution in [-0.2, 0) is 5.75 Å². The van der Waals surface area contributed by atoms with Crippen molar-refractivity contribution in [2.75, 3.05) is 0 Å². The molecule has 1 heterocycles. The molecule has 0 fully saturated rings. The second kappa shape index (κ2) is 7.79. The highest BCUT2D eigenvalue weighted by atomic mass is 32.2. The Labute approximate surface area is 157 Å². The largest absolute Gasteiger partial charge is 0.422 e. The van der Waals surface area contributed by atoms with Crippen LogP contribution in [0.3, 0.4) is 0 Å². The van der Waals surface area contributed by atoms with Crippen LogP contribution in [0.2, 0.25) is 0 Å². The number of nitrogens with zero attached hydrogens (tertiary/aromatic N) is 1. The molecule has 1 atom stereocenters. The van der Waals surface area contributed by atoms with Gasteiger partial charge in [0.15, 0.2) is 5.17 Å². The normalized spacial score (nSPS) is 13.1. The van der Waals surface area contributed by atoms with Gasteiger partial charge in [0.05, 0.1) is 6.04 Å². The molecule has 134 valence electrons. The van der Waals surface area contributed by atoms with Crippen molar-refractivity contribution in [1.29, 1.82) is 0 Å². The van der Waals surface area contributed by atoms with Gasteiger partial charge >= 0.3 is 5.63 Å². The number of rotatable bonds is 4. The second-order valence-corrected chi connectivity index (χ2v) is 7.31. The van der Waals surface area contributed by atoms with Crippen molar-refractivity contribution in [1.82, 2.24) is 0 Å². The summed E-state index contributed by atoms with van der Waals surface area (Å²) in [6.45, 7) is 5.99. The Morgan fingerprint density at radius 2 is 1.92 bits per heavy atom. The number of nitrogens with two attached hydrogens (primary N) is 1. The maximum absolute atomic E-state index is 11.9. The summed E-state index contributed by atoms with van der Waals surface area (Å²) < 4.78 is 5.42. The Balaban J connectivity index is 1.82. The lowest BCUT2D eigenvalue weighted by Crippen LogP contribution is -2.10. The maximum Gasteiger partial charge on any atom is 0.336 e. The number of hydrogen-bond acceptors (Lipinski definition) is 4. The Morgan fingerprint density at radius 1 is 1.19 bits per heavy atom. The molecule has 3 rings (SSSR count). The van der Waals surface area contributed by atoms with Crippen molar-refractivity contribution < 1.29 is 4.42 Å². The van der Waals surface area contributed by atoms with Gasteiger partial charge in [-0.1, -0.05) is 54.2 Å². The number of amidine groups is 1. The topological polar surface area (TPSA) is 68.6 Å². The van der Waals surface area contributed by atoms with E-state index in [1.807, 2.05) is 63.2 Å². The van der Waals surface area contributed by atoms with Crippen molar-refractivity contribution in [3.63, 3.8) is 0 Å². The van der Waals surface area contributed by atoms with E-state index in [0.29, 0.717) is 16.5 Å². The van der Waals surface area contributed by atoms with E-state index in [1.165, 1.54) is 17.8 Å². The molecule has 3 aromatic rings. The highest BCUT2D eigenvalue weighted by Crippen LogP contribution is 2.26. The molecule has 0 saturated heterocycles. The third-order valence-corrected chi connectivity index (χ3v) is 5.35. The SMILES string of the molecule is Cc1ccc2c(CSC(N)=N[C@@H](C)c3ccccc3)cc(=O)oc2c1C. The van der Waals surface area contributed by atoms with Crippen LogP contribution in [0.15, 0.2) is 62.7 Å². The average molecular weight is 366 g/mol. The molecule has 0 aliphatic carbocycles. The van der Waals surface area contributed by atoms with Crippen LogP contribution in [0.1, 0.15) is 35.2 Å². The Morgan fingerprint density at radius 3 is 2.65 bits per heavy atom. The van der Waals surface area contributed by atoms with Gasteiger partial charge in [0.2, 0.25) is 0 Å². The number of thioether (sulfide) groups is 1. The summed E-state index contributed by atoms with van der Waals surface area (Å²) in [6, 6.07) is 15.6. The maximum atomic E-state index is 11.9. The predicted molar refractivity (Wildman–Crippen MR) is 110 cm³/mol. The number of aryl methyl sites for hydroxylation is 2. The molecular formula is C21H22N2O2S. The summed E-state index contributed by atoms with van der Waals surface area (Å²) in [6.07, 6.45) is 0. The Hall–Kier alpha value is -2.53. The molecule has 0 amide bonds. The zero-order valence-corrected chi connectivity index (χ0v) is 16.0. The van der Waals surface area contributed by atoms with Crippen LogP contribution in [0.5, 0.6) is 0 Å². The average Bonchev–Trinajstić information content (AvgIpc) is 2.64. The first kappa shape index (κ1) is 18.3. The highest BCUT2D eigenvalue weighted by Gasteiger charge is 2.11. The third kappa shape index (κ3) is 3.99. The van der Waals surface area contributed by atoms with Gasteiger partial charge in [-0.3, -0.25) is 4.99 Å². The van der Waals surface area contributed by atoms with Gasteiger partial charge in [0, 0.05) is 17.2 Å². The summed E-state index contributed by atoms with van der Waals surface area (Å²) in [7, 11) is 0. The molecule has 2 aromatic carbocycles. The van der Waals surface area contributed by atoms with Crippen LogP contribution in [0, 0.1) is 13.8 Å². The molecule has 0 radical (unpaired) electrons. The van der Waals surface area contributed by atoms with Crippen molar-refractivity contribution in [2.45, 2.75) is 32.6 Å². The van der Waals surface area contributed by atoms with Gasteiger partial charge in [-0.05, 0) is 43.0 Å². The van der Waals surface area contributed by atoms with E-state index in [-0.39, 0.29) is 11.7 Å². The minimum atomic E-state index is -0.338. The molecule has 26 heavy (non-hydrogen) atoms. The molecule has 0 unspecified atom stereocenters. The predicted octanol–water partition coefficient (Wildman–Crippen LogP) is 4.72. The van der Waals surface area contributed by atoms with Crippen molar-refractivity contribution in [3.05, 3.63) is 81.2 Å². The molecule has 4 nitrogen and oxygen atoms in total. The van der Waals surface area contributed by atoms with Crippen molar-refractivity contribution in [2.24, 2.45) is 10.7 Å². The van der Waals surface area contributed by atoms with E-state index in [2.05, 4.69) is 4.99 Å². The standard InChI is InChI=1S/C21H22N2O2S/c1-13-9-10-18-17(11-19(24)25-20(18)14(13)2)12-26-21(22)23-15(3)16-7-5-4-6-8-16/h4-11,15H,12H2,1-3H3,(H2,22,23)/t15-/m0/s1. The first-order valence-electron chi connectivity index (χ1n) is 8.49. The Bertz CT molecular complexity index is 1010. The number of benzene rings is 2. The fourth-order valence-electron chi connectivity index (χ4n) is 2.83. The summed E-state index contributed by atoms with van der Waals surface area (Å²) in [4.78, 5) is 16.5. The number of fused-ring (bicyclic) bond motifs is 1. The smallest absolute Gasteiger partial charge is 0.336 e. The first-order chi connectivity index (χ1) is 12.5. The molecule has 0 saturated carbocycles. The molecule has 0 aliphatic heterocycles. The number of hydrogen-bond donors (Lipinski definition) is 1. The summed E-state index contributed by atoms with van der Waals surface area (Å²) in [5, 5.41) is 1.45. The first-order valence-corrected chi connectivity index (χ1v) is 9.48. The van der Waals surface area contributed by atoms with Crippen LogP contribution in [-0.4, -0.2) is 5.17 Å². The van der Waals surface area contributed by atoms with Gasteiger partial charge in [0.1, 0.15) is 5.58 Å². The lowest BCUT2D eigenvalue weighted by atomic mass is 10.0. The quantitative estimate of drug-likeness (QED) is 0.412. The van der Waals surface area contributed by atoms with E-state index in [9.17, 15) is 4.79 Å². The molecule has 0 aliphatic rings. The lowest BCUT2D eigenvalue weighted by Gasteiger charge is -2.10. The van der Waals surface area contributed by atoms with Crippen molar-refractivity contribution in [3.8, 4) is 0 Å². The molecule has 0 spiro atoms. The van der Waals surface area contributed by atoms with E-state index >= 15 is 0 Å². The fourth-order valence-corrected chi connectivity index (χ4v) is 3.60. The minimum absolute atomic E-state index is 0.00817. The molecule has 1 aromatic heterocycles. The molecule has 5 heteroatoms. The van der Waals surface area contributed by atoms with E-state index in [0.717, 1.165) is 27.6 Å². The molecular weight excluding hydrogens is 344 g/mol. The zero-order chi connectivity index (χ0) is 18.7. The summed E-state index contributed by atoms with van der Waals surface area (Å²) in [5.41, 5.74) is 10.5. The summed E-state index contributed by atoms with van der Waals surface area (Å²) in [5.74, 6) is 0.571. The zero-order valence-electron chi connectivity index (χ0n) is 15.2. The monoisotopic (exact) mass is 366 g/mol. The van der Waals surface area contributed by atoms with Gasteiger partial charge in [0.25, 0.3) is 0 Å². The molecule has 0 bridgehead atoms. The summed E-state index contributed by atoms with van der Waals surface area (Å²) >= 11 is 1.43. The highest BCUT2D eigenvalue weighted by molar-refractivity contribution is 8.13.